The van der Waals surface area contributed by atoms with E-state index in [2.05, 4.69) is 9.80 Å². The third-order valence-corrected chi connectivity index (χ3v) is 5.17. The van der Waals surface area contributed by atoms with Crippen LogP contribution in [0.1, 0.15) is 30.0 Å². The van der Waals surface area contributed by atoms with E-state index in [1.165, 1.54) is 12.1 Å². The molecule has 0 bridgehead atoms. The standard InChI is InChI=1S/C18H25F2N3O/c1-21(2)17(24)12-22-8-3-9-23(11-10-22)16-7-4-13-14(19)5-6-15(20)18(13)16/h5-6,16H,3-4,7-12H2,1-2H3/t16-/m0/s1. The van der Waals surface area contributed by atoms with Crippen molar-refractivity contribution in [2.45, 2.75) is 25.3 Å². The number of carbonyl (C=O) groups is 1. The van der Waals surface area contributed by atoms with Crippen LogP contribution in [0.4, 0.5) is 8.78 Å². The Morgan fingerprint density at radius 2 is 1.92 bits per heavy atom. The molecule has 0 unspecified atom stereocenters. The van der Waals surface area contributed by atoms with E-state index in [0.717, 1.165) is 39.0 Å². The first-order chi connectivity index (χ1) is 11.5. The molecule has 1 aromatic carbocycles. The van der Waals surface area contributed by atoms with E-state index in [1.54, 1.807) is 19.0 Å². The summed E-state index contributed by atoms with van der Waals surface area (Å²) in [4.78, 5) is 17.9. The fourth-order valence-electron chi connectivity index (χ4n) is 3.81. The number of nitrogens with zero attached hydrogens (tertiary/aromatic N) is 3. The van der Waals surface area contributed by atoms with Crippen LogP contribution in [0.3, 0.4) is 0 Å². The van der Waals surface area contributed by atoms with Crippen LogP contribution in [0.25, 0.3) is 0 Å². The van der Waals surface area contributed by atoms with Gasteiger partial charge in [0.15, 0.2) is 0 Å². The number of hydrogen-bond acceptors (Lipinski definition) is 3. The topological polar surface area (TPSA) is 26.8 Å². The number of fused-ring (bicyclic) bond motifs is 1. The molecule has 0 saturated carbocycles. The molecule has 0 N–H and O–H groups in total. The summed E-state index contributed by atoms with van der Waals surface area (Å²) in [6.45, 7) is 3.70. The van der Waals surface area contributed by atoms with Crippen molar-refractivity contribution in [3.05, 3.63) is 34.9 Å². The molecular formula is C18H25F2N3O. The van der Waals surface area contributed by atoms with Gasteiger partial charge in [-0.3, -0.25) is 14.6 Å². The van der Waals surface area contributed by atoms with E-state index in [-0.39, 0.29) is 23.6 Å². The number of halogens is 2. The van der Waals surface area contributed by atoms with Crippen LogP contribution in [0.2, 0.25) is 0 Å². The molecule has 3 rings (SSSR count). The zero-order valence-corrected chi connectivity index (χ0v) is 14.4. The SMILES string of the molecule is CN(C)C(=O)CN1CCCN([C@H]2CCc3c(F)ccc(F)c32)CC1. The smallest absolute Gasteiger partial charge is 0.236 e. The van der Waals surface area contributed by atoms with E-state index < -0.39 is 0 Å². The zero-order valence-electron chi connectivity index (χ0n) is 14.4. The number of carbonyl (C=O) groups excluding carboxylic acids is 1. The second-order valence-electron chi connectivity index (χ2n) is 6.93. The Morgan fingerprint density at radius 1 is 1.17 bits per heavy atom. The number of benzene rings is 1. The maximum Gasteiger partial charge on any atom is 0.236 e. The predicted molar refractivity (Wildman–Crippen MR) is 88.7 cm³/mol. The first kappa shape index (κ1) is 17.3. The van der Waals surface area contributed by atoms with E-state index in [1.807, 2.05) is 0 Å². The van der Waals surface area contributed by atoms with Crippen LogP contribution < -0.4 is 0 Å². The number of amides is 1. The quantitative estimate of drug-likeness (QED) is 0.845. The van der Waals surface area contributed by atoms with E-state index >= 15 is 0 Å². The fourth-order valence-corrected chi connectivity index (χ4v) is 3.81. The summed E-state index contributed by atoms with van der Waals surface area (Å²) in [5.74, 6) is -0.484. The second-order valence-corrected chi connectivity index (χ2v) is 6.93. The molecule has 1 fully saturated rings. The molecule has 0 radical (unpaired) electrons. The Bertz CT molecular complexity index is 621. The summed E-state index contributed by atoms with van der Waals surface area (Å²) < 4.78 is 28.2. The Hall–Kier alpha value is -1.53. The molecule has 1 amide bonds. The van der Waals surface area contributed by atoms with Crippen LogP contribution in [-0.4, -0.2) is 67.4 Å². The summed E-state index contributed by atoms with van der Waals surface area (Å²) in [6, 6.07) is 2.43. The largest absolute Gasteiger partial charge is 0.348 e. The van der Waals surface area contributed by atoms with E-state index in [4.69, 9.17) is 0 Å². The molecule has 132 valence electrons. The summed E-state index contributed by atoms with van der Waals surface area (Å²) in [5.41, 5.74) is 1.09. The van der Waals surface area contributed by atoms with Gasteiger partial charge in [0.25, 0.3) is 0 Å². The molecule has 24 heavy (non-hydrogen) atoms. The van der Waals surface area contributed by atoms with Crippen molar-refractivity contribution in [2.24, 2.45) is 0 Å². The third-order valence-electron chi connectivity index (χ3n) is 5.17. The van der Waals surface area contributed by atoms with Gasteiger partial charge < -0.3 is 4.90 Å². The van der Waals surface area contributed by atoms with Gasteiger partial charge in [-0.25, -0.2) is 8.78 Å². The summed E-state index contributed by atoms with van der Waals surface area (Å²) in [5, 5.41) is 0. The first-order valence-electron chi connectivity index (χ1n) is 8.60. The third kappa shape index (κ3) is 3.44. The predicted octanol–water partition coefficient (Wildman–Crippen LogP) is 2.05. The lowest BCUT2D eigenvalue weighted by Gasteiger charge is -2.28. The maximum atomic E-state index is 14.3. The van der Waals surface area contributed by atoms with Crippen LogP contribution in [0.5, 0.6) is 0 Å². The van der Waals surface area contributed by atoms with Crippen molar-refractivity contribution in [1.82, 2.24) is 14.7 Å². The average molecular weight is 337 g/mol. The van der Waals surface area contributed by atoms with Crippen LogP contribution in [-0.2, 0) is 11.2 Å². The molecular weight excluding hydrogens is 312 g/mol. The molecule has 2 aliphatic rings. The van der Waals surface area contributed by atoms with E-state index in [0.29, 0.717) is 24.1 Å². The van der Waals surface area contributed by atoms with Crippen LogP contribution in [0.15, 0.2) is 12.1 Å². The molecule has 1 heterocycles. The van der Waals surface area contributed by atoms with Crippen molar-refractivity contribution < 1.29 is 13.6 Å². The summed E-state index contributed by atoms with van der Waals surface area (Å²) in [7, 11) is 3.53. The monoisotopic (exact) mass is 337 g/mol. The zero-order chi connectivity index (χ0) is 17.3. The minimum Gasteiger partial charge on any atom is -0.348 e. The maximum absolute atomic E-state index is 14.3. The highest BCUT2D eigenvalue weighted by atomic mass is 19.1. The molecule has 0 aromatic heterocycles. The number of likely N-dealkylation sites (N-methyl/N-ethyl adjacent to an activating group) is 1. The molecule has 1 aromatic rings. The van der Waals surface area contributed by atoms with Crippen molar-refractivity contribution in [3.8, 4) is 0 Å². The van der Waals surface area contributed by atoms with Gasteiger partial charge in [-0.15, -0.1) is 0 Å². The molecule has 0 spiro atoms. The van der Waals surface area contributed by atoms with Gasteiger partial charge in [-0.2, -0.15) is 0 Å². The van der Waals surface area contributed by atoms with Crippen LogP contribution in [0, 0.1) is 11.6 Å². The van der Waals surface area contributed by atoms with Crippen molar-refractivity contribution in [1.29, 1.82) is 0 Å². The van der Waals surface area contributed by atoms with Crippen molar-refractivity contribution in [2.75, 3.05) is 46.8 Å². The van der Waals surface area contributed by atoms with Gasteiger partial charge in [0, 0.05) is 45.3 Å². The molecule has 4 nitrogen and oxygen atoms in total. The van der Waals surface area contributed by atoms with Gasteiger partial charge >= 0.3 is 0 Å². The van der Waals surface area contributed by atoms with Gasteiger partial charge in [0.1, 0.15) is 11.6 Å². The Kier molecular flexibility index (Phi) is 5.15. The number of hydrogen-bond donors (Lipinski definition) is 0. The normalized spacial score (nSPS) is 22.2. The van der Waals surface area contributed by atoms with Gasteiger partial charge in [0.2, 0.25) is 5.91 Å². The van der Waals surface area contributed by atoms with Gasteiger partial charge in [0.05, 0.1) is 6.54 Å². The average Bonchev–Trinajstić information content (AvgIpc) is 2.87. The lowest BCUT2D eigenvalue weighted by atomic mass is 10.1. The highest BCUT2D eigenvalue weighted by molar-refractivity contribution is 5.77. The highest BCUT2D eigenvalue weighted by Gasteiger charge is 2.33. The van der Waals surface area contributed by atoms with Crippen LogP contribution >= 0.6 is 0 Å². The lowest BCUT2D eigenvalue weighted by molar-refractivity contribution is -0.129. The highest BCUT2D eigenvalue weighted by Crippen LogP contribution is 2.39. The van der Waals surface area contributed by atoms with Gasteiger partial charge in [-0.1, -0.05) is 0 Å². The first-order valence-corrected chi connectivity index (χ1v) is 8.60. The van der Waals surface area contributed by atoms with Gasteiger partial charge in [-0.05, 0) is 43.5 Å². The molecule has 1 atom stereocenters. The summed E-state index contributed by atoms with van der Waals surface area (Å²) >= 11 is 0. The molecule has 1 saturated heterocycles. The molecule has 1 aliphatic heterocycles. The Morgan fingerprint density at radius 3 is 2.67 bits per heavy atom. The number of rotatable bonds is 3. The van der Waals surface area contributed by atoms with E-state index in [9.17, 15) is 13.6 Å². The second kappa shape index (κ2) is 7.15. The molecule has 6 heteroatoms. The van der Waals surface area contributed by atoms with Crippen molar-refractivity contribution in [3.63, 3.8) is 0 Å². The minimum absolute atomic E-state index is 0.0415. The Labute approximate surface area is 142 Å². The Balaban J connectivity index is 1.68. The van der Waals surface area contributed by atoms with Crippen molar-refractivity contribution >= 4 is 5.91 Å². The summed E-state index contributed by atoms with van der Waals surface area (Å²) in [6.07, 6.45) is 2.30. The fraction of sp³-hybridized carbons (Fsp3) is 0.611. The lowest BCUT2D eigenvalue weighted by Crippen LogP contribution is -2.39. The molecule has 1 aliphatic carbocycles. The minimum atomic E-state index is -0.294.